The Morgan fingerprint density at radius 1 is 1.02 bits per heavy atom. The van der Waals surface area contributed by atoms with Crippen LogP contribution in [0.1, 0.15) is 43.0 Å². The van der Waals surface area contributed by atoms with Gasteiger partial charge in [-0.05, 0) is 67.9 Å². The number of rotatable bonds is 7. The van der Waals surface area contributed by atoms with Crippen molar-refractivity contribution >= 4 is 33.9 Å². The van der Waals surface area contributed by atoms with Gasteiger partial charge in [0.05, 0.1) is 18.3 Å². The van der Waals surface area contributed by atoms with E-state index in [1.165, 1.54) is 12.8 Å². The van der Waals surface area contributed by atoms with Crippen molar-refractivity contribution in [3.63, 3.8) is 0 Å². The van der Waals surface area contributed by atoms with Crippen molar-refractivity contribution in [1.82, 2.24) is 28.9 Å². The fourth-order valence-electron chi connectivity index (χ4n) is 7.55. The number of methoxy groups -OCH3 is 1. The highest BCUT2D eigenvalue weighted by atomic mass is 16.5. The highest BCUT2D eigenvalue weighted by molar-refractivity contribution is 6.00. The first-order chi connectivity index (χ1) is 20.4. The number of fused-ring (bicyclic) bond motifs is 4. The summed E-state index contributed by atoms with van der Waals surface area (Å²) in [5, 5.41) is 1.08. The average molecular weight is 568 g/mol. The quantitative estimate of drug-likeness (QED) is 0.366. The minimum absolute atomic E-state index is 0.00269. The maximum atomic E-state index is 13.8. The highest BCUT2D eigenvalue weighted by Gasteiger charge is 2.47. The van der Waals surface area contributed by atoms with Crippen LogP contribution in [0, 0.1) is 17.8 Å². The first kappa shape index (κ1) is 25.8. The van der Waals surface area contributed by atoms with Gasteiger partial charge >= 0.3 is 0 Å². The molecule has 2 bridgehead atoms. The van der Waals surface area contributed by atoms with Crippen LogP contribution >= 0.6 is 0 Å². The molecule has 4 fully saturated rings. The Balaban J connectivity index is 1.26. The molecule has 218 valence electrons. The number of hydrogen-bond acceptors (Lipinski definition) is 6. The molecule has 2 amide bonds. The molecule has 2 aliphatic carbocycles. The monoisotopic (exact) mass is 567 g/mol. The lowest BCUT2D eigenvalue weighted by molar-refractivity contribution is -0.135. The van der Waals surface area contributed by atoms with E-state index >= 15 is 0 Å². The largest absolute Gasteiger partial charge is 0.494 e. The van der Waals surface area contributed by atoms with Crippen molar-refractivity contribution in [1.29, 1.82) is 0 Å². The number of piperidine rings is 1. The number of amides is 2. The molecular formula is C32H37N7O3. The number of nitrogens with zero attached hydrogens (tertiary/aromatic N) is 6. The van der Waals surface area contributed by atoms with E-state index in [2.05, 4.69) is 21.3 Å². The smallest absolute Gasteiger partial charge is 0.254 e. The third-order valence-electron chi connectivity index (χ3n) is 10.1. The lowest BCUT2D eigenvalue weighted by Crippen LogP contribution is -2.50. The summed E-state index contributed by atoms with van der Waals surface area (Å²) in [5.41, 5.74) is 10.6. The van der Waals surface area contributed by atoms with E-state index in [4.69, 9.17) is 20.4 Å². The minimum atomic E-state index is -0.00269. The van der Waals surface area contributed by atoms with Crippen LogP contribution < -0.4 is 10.5 Å². The molecule has 2 saturated heterocycles. The fourth-order valence-corrected chi connectivity index (χ4v) is 7.55. The van der Waals surface area contributed by atoms with Gasteiger partial charge in [0.1, 0.15) is 16.9 Å². The number of pyridine rings is 1. The molecule has 3 atom stereocenters. The van der Waals surface area contributed by atoms with Crippen molar-refractivity contribution < 1.29 is 14.3 Å². The average Bonchev–Trinajstić information content (AvgIpc) is 3.32. The number of nitrogens with two attached hydrogens (primary N) is 1. The molecule has 2 aliphatic heterocycles. The Morgan fingerprint density at radius 2 is 1.83 bits per heavy atom. The van der Waals surface area contributed by atoms with Gasteiger partial charge in [-0.15, -0.1) is 0 Å². The van der Waals surface area contributed by atoms with Crippen molar-refractivity contribution in [2.24, 2.45) is 23.5 Å². The van der Waals surface area contributed by atoms with Gasteiger partial charge in [0.25, 0.3) is 5.91 Å². The normalized spacial score (nSPS) is 23.7. The summed E-state index contributed by atoms with van der Waals surface area (Å²) >= 11 is 0. The van der Waals surface area contributed by atoms with E-state index in [9.17, 15) is 9.59 Å². The molecule has 5 heterocycles. The summed E-state index contributed by atoms with van der Waals surface area (Å²) in [6, 6.07) is 10.2. The van der Waals surface area contributed by atoms with Gasteiger partial charge in [0, 0.05) is 74.8 Å². The maximum absolute atomic E-state index is 13.8. The summed E-state index contributed by atoms with van der Waals surface area (Å²) in [4.78, 5) is 39.6. The topological polar surface area (TPSA) is 112 Å². The van der Waals surface area contributed by atoms with Gasteiger partial charge in [-0.25, -0.2) is 9.97 Å². The number of carbonyl (C=O) groups excluding carboxylic acids is 2. The molecule has 0 spiro atoms. The second-order valence-corrected chi connectivity index (χ2v) is 12.8. The molecule has 2 saturated carbocycles. The molecule has 2 N–H and O–H groups in total. The Kier molecular flexibility index (Phi) is 5.86. The van der Waals surface area contributed by atoms with Crippen molar-refractivity contribution in [3.8, 4) is 17.3 Å². The molecule has 8 rings (SSSR count). The fraction of sp³-hybridized carbons (Fsp3) is 0.500. The molecule has 0 unspecified atom stereocenters. The molecular weight excluding hydrogens is 530 g/mol. The predicted octanol–water partition coefficient (Wildman–Crippen LogP) is 3.51. The maximum Gasteiger partial charge on any atom is 0.254 e. The second kappa shape index (κ2) is 9.55. The van der Waals surface area contributed by atoms with Gasteiger partial charge in [-0.3, -0.25) is 9.59 Å². The van der Waals surface area contributed by atoms with E-state index in [1.807, 2.05) is 34.2 Å². The SMILES string of the molecule is COc1cc(C(=O)N2C[C@H]3CC[C@@H]2[C@@H]3N)cc2nc(-c3cc4cccnc4n3CC3CC3)n(CC3CN(C(C)=O)C3)c12. The van der Waals surface area contributed by atoms with Crippen LogP contribution in [0.2, 0.25) is 0 Å². The van der Waals surface area contributed by atoms with Crippen LogP contribution in [-0.2, 0) is 17.9 Å². The number of imidazole rings is 1. The zero-order valence-electron chi connectivity index (χ0n) is 24.2. The Bertz CT molecular complexity index is 1730. The predicted molar refractivity (Wildman–Crippen MR) is 159 cm³/mol. The Morgan fingerprint density at radius 3 is 2.52 bits per heavy atom. The molecule has 4 aromatic rings. The van der Waals surface area contributed by atoms with E-state index in [0.717, 1.165) is 66.1 Å². The summed E-state index contributed by atoms with van der Waals surface area (Å²) in [6.45, 7) is 5.38. The lowest BCUT2D eigenvalue weighted by atomic mass is 10.00. The Hall–Kier alpha value is -3.92. The van der Waals surface area contributed by atoms with Crippen molar-refractivity contribution in [2.75, 3.05) is 26.7 Å². The number of ether oxygens (including phenoxy) is 1. The first-order valence-electron chi connectivity index (χ1n) is 15.2. The Labute approximate surface area is 244 Å². The second-order valence-electron chi connectivity index (χ2n) is 12.8. The molecule has 10 heteroatoms. The van der Waals surface area contributed by atoms with E-state index in [1.54, 1.807) is 14.0 Å². The van der Waals surface area contributed by atoms with Crippen LogP contribution in [0.4, 0.5) is 0 Å². The van der Waals surface area contributed by atoms with Gasteiger partial charge in [-0.2, -0.15) is 0 Å². The molecule has 0 radical (unpaired) electrons. The zero-order valence-corrected chi connectivity index (χ0v) is 24.2. The molecule has 42 heavy (non-hydrogen) atoms. The number of likely N-dealkylation sites (tertiary alicyclic amines) is 2. The van der Waals surface area contributed by atoms with Crippen LogP contribution in [0.3, 0.4) is 0 Å². The summed E-state index contributed by atoms with van der Waals surface area (Å²) in [6.07, 6.45) is 6.37. The van der Waals surface area contributed by atoms with Gasteiger partial charge in [-0.1, -0.05) is 0 Å². The van der Waals surface area contributed by atoms with E-state index in [-0.39, 0.29) is 23.9 Å². The third-order valence-corrected chi connectivity index (χ3v) is 10.1. The number of carbonyl (C=O) groups is 2. The van der Waals surface area contributed by atoms with Crippen molar-refractivity contribution in [2.45, 2.75) is 57.8 Å². The van der Waals surface area contributed by atoms with E-state index < -0.39 is 0 Å². The number of aromatic nitrogens is 4. The van der Waals surface area contributed by atoms with Gasteiger partial charge in [0.15, 0.2) is 5.82 Å². The first-order valence-corrected chi connectivity index (χ1v) is 15.2. The lowest BCUT2D eigenvalue weighted by Gasteiger charge is -2.39. The summed E-state index contributed by atoms with van der Waals surface area (Å²) < 4.78 is 10.5. The third kappa shape index (κ3) is 4.02. The number of benzene rings is 1. The molecule has 1 aromatic carbocycles. The summed E-state index contributed by atoms with van der Waals surface area (Å²) in [5.74, 6) is 2.91. The minimum Gasteiger partial charge on any atom is -0.494 e. The van der Waals surface area contributed by atoms with Crippen LogP contribution in [-0.4, -0.2) is 79.5 Å². The molecule has 4 aliphatic rings. The van der Waals surface area contributed by atoms with Crippen molar-refractivity contribution in [3.05, 3.63) is 42.1 Å². The standard InChI is InChI=1S/C32H37N7O3/c1-18(40)36-13-20(14-36)16-39-29-24(10-23(12-27(29)42-2)32(41)38-17-22-7-8-25(38)28(22)33)35-31(39)26-11-21-4-3-9-34-30(21)37(26)15-19-5-6-19/h3-4,9-12,19-20,22,25,28H,5-8,13-17,33H2,1-2H3/t22-,25-,28-/m1/s1. The molecule has 3 aromatic heterocycles. The highest BCUT2D eigenvalue weighted by Crippen LogP contribution is 2.41. The van der Waals surface area contributed by atoms with E-state index in [0.29, 0.717) is 42.2 Å². The zero-order chi connectivity index (χ0) is 28.7. The van der Waals surface area contributed by atoms with Gasteiger partial charge in [0.2, 0.25) is 5.91 Å². The van der Waals surface area contributed by atoms with Crippen LogP contribution in [0.5, 0.6) is 5.75 Å². The van der Waals surface area contributed by atoms with Crippen LogP contribution in [0.15, 0.2) is 36.5 Å². The number of hydrogen-bond donors (Lipinski definition) is 1. The van der Waals surface area contributed by atoms with Crippen LogP contribution in [0.25, 0.3) is 33.6 Å². The summed E-state index contributed by atoms with van der Waals surface area (Å²) in [7, 11) is 1.66. The van der Waals surface area contributed by atoms with Gasteiger partial charge < -0.3 is 29.4 Å². The molecule has 10 nitrogen and oxygen atoms in total.